The molecule has 1 amide bonds. The summed E-state index contributed by atoms with van der Waals surface area (Å²) >= 11 is 0. The summed E-state index contributed by atoms with van der Waals surface area (Å²) in [7, 11) is -3.85. The number of nitrogens with one attached hydrogen (secondary N) is 2. The Morgan fingerprint density at radius 3 is 1.84 bits per heavy atom. The first-order valence-corrected chi connectivity index (χ1v) is 15.3. The van der Waals surface area contributed by atoms with Crippen LogP contribution in [0.15, 0.2) is 0 Å². The molecule has 0 aromatic carbocycles. The summed E-state index contributed by atoms with van der Waals surface area (Å²) in [4.78, 5) is 23.3. The molecule has 0 rings (SSSR count). The predicted molar refractivity (Wildman–Crippen MR) is 147 cm³/mol. The number of hydrogen-bond acceptors (Lipinski definition) is 8. The van der Waals surface area contributed by atoms with Crippen molar-refractivity contribution < 1.29 is 42.1 Å². The lowest BCUT2D eigenvalue weighted by Crippen LogP contribution is -2.43. The molecule has 38 heavy (non-hydrogen) atoms. The standard InChI is InChI=1S/C26H52N2O9S/c1-22(2)9-13-34-15-17-36-19-20-37-18-16-35-14-10-24(29)27-12-21-38(32,33)28-23(25(30)31)8-6-7-11-26(3,4)5/h22-23,28H,6-21H2,1-5H3,(H,27,29)(H,30,31)/t23-/m0/s1. The first kappa shape index (κ1) is 36.7. The minimum Gasteiger partial charge on any atom is -0.480 e. The van der Waals surface area contributed by atoms with Gasteiger partial charge in [-0.15, -0.1) is 0 Å². The molecule has 0 heterocycles. The van der Waals surface area contributed by atoms with Crippen LogP contribution in [-0.2, 0) is 38.6 Å². The number of hydrogen-bond donors (Lipinski definition) is 3. The number of carbonyl (C=O) groups excluding carboxylic acids is 1. The molecule has 12 heteroatoms. The van der Waals surface area contributed by atoms with Crippen molar-refractivity contribution in [2.24, 2.45) is 11.3 Å². The maximum Gasteiger partial charge on any atom is 0.321 e. The molecule has 0 saturated heterocycles. The highest BCUT2D eigenvalue weighted by Gasteiger charge is 2.24. The molecule has 0 aliphatic rings. The van der Waals surface area contributed by atoms with Crippen LogP contribution in [0.5, 0.6) is 0 Å². The Hall–Kier alpha value is -1.31. The topological polar surface area (TPSA) is 149 Å². The number of rotatable bonds is 25. The average molecular weight is 569 g/mol. The van der Waals surface area contributed by atoms with Gasteiger partial charge in [0.1, 0.15) is 6.04 Å². The van der Waals surface area contributed by atoms with Crippen molar-refractivity contribution in [2.45, 2.75) is 79.2 Å². The summed E-state index contributed by atoms with van der Waals surface area (Å²) in [5.74, 6) is -1.32. The van der Waals surface area contributed by atoms with E-state index in [0.717, 1.165) is 25.9 Å². The van der Waals surface area contributed by atoms with E-state index in [1.165, 1.54) is 0 Å². The maximum absolute atomic E-state index is 12.2. The van der Waals surface area contributed by atoms with Gasteiger partial charge in [-0.1, -0.05) is 47.5 Å². The fraction of sp³-hybridized carbons (Fsp3) is 0.923. The fourth-order valence-electron chi connectivity index (χ4n) is 3.17. The second-order valence-corrected chi connectivity index (χ2v) is 12.7. The Labute approximate surface area is 229 Å². The first-order chi connectivity index (χ1) is 17.8. The molecule has 0 aromatic rings. The van der Waals surface area contributed by atoms with Crippen LogP contribution < -0.4 is 10.0 Å². The first-order valence-electron chi connectivity index (χ1n) is 13.6. The number of amides is 1. The number of unbranched alkanes of at least 4 members (excludes halogenated alkanes) is 1. The van der Waals surface area contributed by atoms with Gasteiger partial charge in [-0.2, -0.15) is 0 Å². The molecule has 0 radical (unpaired) electrons. The zero-order valence-corrected chi connectivity index (χ0v) is 24.9. The molecular weight excluding hydrogens is 516 g/mol. The van der Waals surface area contributed by atoms with Crippen molar-refractivity contribution in [1.82, 2.24) is 10.0 Å². The largest absolute Gasteiger partial charge is 0.480 e. The van der Waals surface area contributed by atoms with E-state index in [1.807, 2.05) is 0 Å². The molecule has 0 aliphatic heterocycles. The third-order valence-corrected chi connectivity index (χ3v) is 6.80. The minimum absolute atomic E-state index is 0.0823. The molecule has 11 nitrogen and oxygen atoms in total. The fourth-order valence-corrected chi connectivity index (χ4v) is 4.31. The van der Waals surface area contributed by atoms with E-state index in [-0.39, 0.29) is 37.3 Å². The van der Waals surface area contributed by atoms with Gasteiger partial charge in [-0.05, 0) is 30.6 Å². The van der Waals surface area contributed by atoms with Crippen molar-refractivity contribution in [3.8, 4) is 0 Å². The normalized spacial score (nSPS) is 13.1. The van der Waals surface area contributed by atoms with Crippen LogP contribution in [0.3, 0.4) is 0 Å². The summed E-state index contributed by atoms with van der Waals surface area (Å²) in [6.45, 7) is 14.1. The van der Waals surface area contributed by atoms with Crippen molar-refractivity contribution in [3.05, 3.63) is 0 Å². The third kappa shape index (κ3) is 25.0. The maximum atomic E-state index is 12.2. The Balaban J connectivity index is 3.78. The van der Waals surface area contributed by atoms with E-state index in [1.54, 1.807) is 0 Å². The zero-order chi connectivity index (χ0) is 28.9. The quantitative estimate of drug-likeness (QED) is 0.141. The Morgan fingerprint density at radius 2 is 1.34 bits per heavy atom. The van der Waals surface area contributed by atoms with Crippen LogP contribution in [0.2, 0.25) is 0 Å². The molecule has 226 valence electrons. The summed E-state index contributed by atoms with van der Waals surface area (Å²) in [5.41, 5.74) is 0.146. The van der Waals surface area contributed by atoms with Crippen LogP contribution in [0, 0.1) is 11.3 Å². The Kier molecular flexibility index (Phi) is 20.8. The van der Waals surface area contributed by atoms with Gasteiger partial charge in [0.05, 0.1) is 52.0 Å². The van der Waals surface area contributed by atoms with Crippen LogP contribution in [0.4, 0.5) is 0 Å². The molecule has 0 bridgehead atoms. The molecule has 0 aliphatic carbocycles. The highest BCUT2D eigenvalue weighted by molar-refractivity contribution is 7.89. The molecular formula is C26H52N2O9S. The predicted octanol–water partition coefficient (Wildman–Crippen LogP) is 2.58. The van der Waals surface area contributed by atoms with E-state index in [4.69, 9.17) is 18.9 Å². The van der Waals surface area contributed by atoms with Crippen LogP contribution in [-0.4, -0.2) is 96.6 Å². The van der Waals surface area contributed by atoms with E-state index < -0.39 is 27.8 Å². The van der Waals surface area contributed by atoms with Gasteiger partial charge in [0.15, 0.2) is 0 Å². The monoisotopic (exact) mass is 568 g/mol. The molecule has 0 fully saturated rings. The average Bonchev–Trinajstić information content (AvgIpc) is 2.80. The SMILES string of the molecule is CC(C)CCOCCOCCOCCOCCC(=O)NCCS(=O)(=O)N[C@@H](CCCCC(C)(C)C)C(=O)O. The minimum atomic E-state index is -3.85. The van der Waals surface area contributed by atoms with E-state index >= 15 is 0 Å². The number of carbonyl (C=O) groups is 2. The molecule has 1 atom stereocenters. The summed E-state index contributed by atoms with van der Waals surface area (Å²) in [5, 5.41) is 11.9. The lowest BCUT2D eigenvalue weighted by Gasteiger charge is -2.19. The van der Waals surface area contributed by atoms with Crippen molar-refractivity contribution in [2.75, 3.05) is 65.2 Å². The van der Waals surface area contributed by atoms with Crippen molar-refractivity contribution >= 4 is 21.9 Å². The summed E-state index contributed by atoms with van der Waals surface area (Å²) in [6.07, 6.45) is 3.70. The van der Waals surface area contributed by atoms with Gasteiger partial charge in [-0.25, -0.2) is 13.1 Å². The van der Waals surface area contributed by atoms with Gasteiger partial charge in [-0.3, -0.25) is 9.59 Å². The van der Waals surface area contributed by atoms with Gasteiger partial charge in [0, 0.05) is 19.6 Å². The highest BCUT2D eigenvalue weighted by Crippen LogP contribution is 2.22. The van der Waals surface area contributed by atoms with Gasteiger partial charge >= 0.3 is 5.97 Å². The van der Waals surface area contributed by atoms with Crippen LogP contribution in [0.25, 0.3) is 0 Å². The lowest BCUT2D eigenvalue weighted by molar-refractivity contribution is -0.139. The van der Waals surface area contributed by atoms with Crippen LogP contribution in [0.1, 0.15) is 73.1 Å². The van der Waals surface area contributed by atoms with Crippen molar-refractivity contribution in [1.29, 1.82) is 0 Å². The molecule has 3 N–H and O–H groups in total. The Bertz CT molecular complexity index is 725. The zero-order valence-electron chi connectivity index (χ0n) is 24.1. The third-order valence-electron chi connectivity index (χ3n) is 5.41. The van der Waals surface area contributed by atoms with Gasteiger partial charge < -0.3 is 29.4 Å². The second-order valence-electron chi connectivity index (χ2n) is 10.9. The van der Waals surface area contributed by atoms with Gasteiger partial charge in [0.25, 0.3) is 0 Å². The number of carboxylic acids is 1. The highest BCUT2D eigenvalue weighted by atomic mass is 32.2. The van der Waals surface area contributed by atoms with Crippen LogP contribution >= 0.6 is 0 Å². The molecule has 0 aromatic heterocycles. The number of carboxylic acid groups (broad SMARTS) is 1. The Morgan fingerprint density at radius 1 is 0.816 bits per heavy atom. The number of aliphatic carboxylic acids is 1. The van der Waals surface area contributed by atoms with Gasteiger partial charge in [0.2, 0.25) is 15.9 Å². The second kappa shape index (κ2) is 21.5. The number of ether oxygens (including phenoxy) is 4. The van der Waals surface area contributed by atoms with E-state index in [0.29, 0.717) is 52.0 Å². The summed E-state index contributed by atoms with van der Waals surface area (Å²) < 4.78 is 48.3. The van der Waals surface area contributed by atoms with Crippen molar-refractivity contribution in [3.63, 3.8) is 0 Å². The molecule has 0 spiro atoms. The summed E-state index contributed by atoms with van der Waals surface area (Å²) in [6, 6.07) is -1.17. The molecule has 0 unspecified atom stereocenters. The lowest BCUT2D eigenvalue weighted by atomic mass is 9.89. The molecule has 0 saturated carbocycles. The smallest absolute Gasteiger partial charge is 0.321 e. The number of sulfonamides is 1. The van der Waals surface area contributed by atoms with E-state index in [9.17, 15) is 23.1 Å². The van der Waals surface area contributed by atoms with E-state index in [2.05, 4.69) is 44.7 Å².